The molecule has 0 radical (unpaired) electrons. The number of hydrogen-bond acceptors (Lipinski definition) is 2. The minimum Gasteiger partial charge on any atom is -0.497 e. The first-order valence-corrected chi connectivity index (χ1v) is 8.53. The highest BCUT2D eigenvalue weighted by atomic mass is 35.5. The van der Waals surface area contributed by atoms with Crippen molar-refractivity contribution in [2.24, 2.45) is 5.92 Å². The normalized spacial score (nSPS) is 12.0. The minimum atomic E-state index is -0.00398. The van der Waals surface area contributed by atoms with Gasteiger partial charge in [0.2, 0.25) is 5.91 Å². The monoisotopic (exact) mass is 345 g/mol. The fourth-order valence-electron chi connectivity index (χ4n) is 2.62. The van der Waals surface area contributed by atoms with Gasteiger partial charge >= 0.3 is 0 Å². The lowest BCUT2D eigenvalue weighted by atomic mass is 9.96. The van der Waals surface area contributed by atoms with Gasteiger partial charge in [0, 0.05) is 5.02 Å². The first-order chi connectivity index (χ1) is 11.5. The Hall–Kier alpha value is -2.00. The van der Waals surface area contributed by atoms with Crippen molar-refractivity contribution >= 4 is 17.5 Å². The van der Waals surface area contributed by atoms with Crippen molar-refractivity contribution < 1.29 is 9.53 Å². The molecule has 2 rings (SSSR count). The number of halogens is 1. The van der Waals surface area contributed by atoms with Crippen molar-refractivity contribution in [2.75, 3.05) is 7.11 Å². The predicted octanol–water partition coefficient (Wildman–Crippen LogP) is 4.79. The van der Waals surface area contributed by atoms with Crippen LogP contribution in [0.3, 0.4) is 0 Å². The molecule has 0 saturated carbocycles. The SMILES string of the molecule is COc1ccc([C@H](CC(C)C)NC(=O)Cc2ccc(Cl)cc2)cc1. The summed E-state index contributed by atoms with van der Waals surface area (Å²) >= 11 is 5.88. The Morgan fingerprint density at radius 3 is 2.25 bits per heavy atom. The summed E-state index contributed by atoms with van der Waals surface area (Å²) in [7, 11) is 1.65. The molecule has 0 aliphatic rings. The number of nitrogens with one attached hydrogen (secondary N) is 1. The van der Waals surface area contributed by atoms with Gasteiger partial charge in [-0.1, -0.05) is 49.7 Å². The lowest BCUT2D eigenvalue weighted by Gasteiger charge is -2.21. The average molecular weight is 346 g/mol. The summed E-state index contributed by atoms with van der Waals surface area (Å²) in [6, 6.07) is 15.2. The Morgan fingerprint density at radius 1 is 1.08 bits per heavy atom. The average Bonchev–Trinajstić information content (AvgIpc) is 2.56. The third-order valence-electron chi connectivity index (χ3n) is 3.84. The molecule has 0 spiro atoms. The zero-order valence-corrected chi connectivity index (χ0v) is 15.1. The molecular formula is C20H24ClNO2. The third kappa shape index (κ3) is 5.57. The van der Waals surface area contributed by atoms with Crippen molar-refractivity contribution in [1.82, 2.24) is 5.32 Å². The van der Waals surface area contributed by atoms with Crippen LogP contribution in [0, 0.1) is 5.92 Å². The van der Waals surface area contributed by atoms with Gasteiger partial charge in [-0.15, -0.1) is 0 Å². The summed E-state index contributed by atoms with van der Waals surface area (Å²) in [4.78, 5) is 12.4. The number of rotatable bonds is 7. The molecule has 0 aliphatic heterocycles. The smallest absolute Gasteiger partial charge is 0.224 e. The van der Waals surface area contributed by atoms with Crippen molar-refractivity contribution in [3.05, 3.63) is 64.7 Å². The van der Waals surface area contributed by atoms with Crippen LogP contribution in [0.4, 0.5) is 0 Å². The van der Waals surface area contributed by atoms with Crippen molar-refractivity contribution in [3.8, 4) is 5.75 Å². The molecule has 128 valence electrons. The number of carbonyl (C=O) groups is 1. The van der Waals surface area contributed by atoms with E-state index in [2.05, 4.69) is 19.2 Å². The molecule has 3 nitrogen and oxygen atoms in total. The molecule has 0 unspecified atom stereocenters. The van der Waals surface area contributed by atoms with Gasteiger partial charge in [-0.3, -0.25) is 4.79 Å². The Kier molecular flexibility index (Phi) is 6.68. The zero-order valence-electron chi connectivity index (χ0n) is 14.4. The first kappa shape index (κ1) is 18.3. The topological polar surface area (TPSA) is 38.3 Å². The summed E-state index contributed by atoms with van der Waals surface area (Å²) in [5.41, 5.74) is 2.05. The van der Waals surface area contributed by atoms with E-state index in [1.54, 1.807) is 19.2 Å². The van der Waals surface area contributed by atoms with E-state index in [9.17, 15) is 4.79 Å². The maximum absolute atomic E-state index is 12.4. The molecule has 2 aromatic rings. The van der Waals surface area contributed by atoms with Gasteiger partial charge in [-0.25, -0.2) is 0 Å². The fraction of sp³-hybridized carbons (Fsp3) is 0.350. The first-order valence-electron chi connectivity index (χ1n) is 8.15. The van der Waals surface area contributed by atoms with Crippen LogP contribution in [-0.2, 0) is 11.2 Å². The molecule has 1 atom stereocenters. The quantitative estimate of drug-likeness (QED) is 0.783. The highest BCUT2D eigenvalue weighted by Gasteiger charge is 2.16. The largest absolute Gasteiger partial charge is 0.497 e. The predicted molar refractivity (Wildman–Crippen MR) is 98.5 cm³/mol. The highest BCUT2D eigenvalue weighted by Crippen LogP contribution is 2.23. The Morgan fingerprint density at radius 2 is 1.71 bits per heavy atom. The summed E-state index contributed by atoms with van der Waals surface area (Å²) in [6.45, 7) is 4.31. The van der Waals surface area contributed by atoms with Gasteiger partial charge in [-0.05, 0) is 47.7 Å². The van der Waals surface area contributed by atoms with E-state index in [1.807, 2.05) is 36.4 Å². The summed E-state index contributed by atoms with van der Waals surface area (Å²) < 4.78 is 5.20. The number of amides is 1. The van der Waals surface area contributed by atoms with Gasteiger partial charge in [0.15, 0.2) is 0 Å². The fourth-order valence-corrected chi connectivity index (χ4v) is 2.74. The van der Waals surface area contributed by atoms with Crippen LogP contribution in [0.1, 0.15) is 37.4 Å². The molecule has 0 aliphatic carbocycles. The molecule has 1 amide bonds. The lowest BCUT2D eigenvalue weighted by molar-refractivity contribution is -0.121. The van der Waals surface area contributed by atoms with E-state index in [0.29, 0.717) is 17.4 Å². The van der Waals surface area contributed by atoms with E-state index in [1.165, 1.54) is 0 Å². The summed E-state index contributed by atoms with van der Waals surface area (Å²) in [6.07, 6.45) is 1.24. The molecular weight excluding hydrogens is 322 g/mol. The van der Waals surface area contributed by atoms with Gasteiger partial charge in [0.05, 0.1) is 19.6 Å². The number of hydrogen-bond donors (Lipinski definition) is 1. The van der Waals surface area contributed by atoms with Crippen LogP contribution in [0.2, 0.25) is 5.02 Å². The third-order valence-corrected chi connectivity index (χ3v) is 4.09. The molecule has 0 fully saturated rings. The second kappa shape index (κ2) is 8.74. The molecule has 1 N–H and O–H groups in total. The van der Waals surface area contributed by atoms with Crippen molar-refractivity contribution in [2.45, 2.75) is 32.7 Å². The molecule has 0 heterocycles. The standard InChI is InChI=1S/C20H24ClNO2/c1-14(2)12-19(16-6-10-18(24-3)11-7-16)22-20(23)13-15-4-8-17(21)9-5-15/h4-11,14,19H,12-13H2,1-3H3,(H,22,23)/t19-/m0/s1. The number of ether oxygens (including phenoxy) is 1. The molecule has 0 bridgehead atoms. The molecule has 4 heteroatoms. The van der Waals surface area contributed by atoms with Crippen LogP contribution in [0.5, 0.6) is 5.75 Å². The maximum Gasteiger partial charge on any atom is 0.224 e. The summed E-state index contributed by atoms with van der Waals surface area (Å²) in [5.74, 6) is 1.31. The number of methoxy groups -OCH3 is 1. The van der Waals surface area contributed by atoms with Gasteiger partial charge in [0.25, 0.3) is 0 Å². The van der Waals surface area contributed by atoms with E-state index in [0.717, 1.165) is 23.3 Å². The van der Waals surface area contributed by atoms with E-state index >= 15 is 0 Å². The Bertz CT molecular complexity index is 650. The Labute approximate surface area is 149 Å². The van der Waals surface area contributed by atoms with Crippen molar-refractivity contribution in [3.63, 3.8) is 0 Å². The lowest BCUT2D eigenvalue weighted by Crippen LogP contribution is -2.30. The molecule has 24 heavy (non-hydrogen) atoms. The maximum atomic E-state index is 12.4. The second-order valence-corrected chi connectivity index (χ2v) is 6.76. The van der Waals surface area contributed by atoms with Crippen LogP contribution in [0.15, 0.2) is 48.5 Å². The van der Waals surface area contributed by atoms with E-state index in [4.69, 9.17) is 16.3 Å². The number of carbonyl (C=O) groups excluding carboxylic acids is 1. The number of benzene rings is 2. The van der Waals surface area contributed by atoms with E-state index < -0.39 is 0 Å². The summed E-state index contributed by atoms with van der Waals surface area (Å²) in [5, 5.41) is 3.83. The van der Waals surface area contributed by atoms with Gasteiger partial charge in [0.1, 0.15) is 5.75 Å². The van der Waals surface area contributed by atoms with Crippen LogP contribution < -0.4 is 10.1 Å². The highest BCUT2D eigenvalue weighted by molar-refractivity contribution is 6.30. The second-order valence-electron chi connectivity index (χ2n) is 6.33. The van der Waals surface area contributed by atoms with E-state index in [-0.39, 0.29) is 11.9 Å². The van der Waals surface area contributed by atoms with Crippen LogP contribution >= 0.6 is 11.6 Å². The molecule has 0 saturated heterocycles. The van der Waals surface area contributed by atoms with Crippen molar-refractivity contribution in [1.29, 1.82) is 0 Å². The van der Waals surface area contributed by atoms with Crippen LogP contribution in [-0.4, -0.2) is 13.0 Å². The zero-order chi connectivity index (χ0) is 17.5. The van der Waals surface area contributed by atoms with Crippen LogP contribution in [0.25, 0.3) is 0 Å². The Balaban J connectivity index is 2.06. The molecule has 2 aromatic carbocycles. The molecule has 0 aromatic heterocycles. The minimum absolute atomic E-state index is 0.00398. The van der Waals surface area contributed by atoms with Gasteiger partial charge in [-0.2, -0.15) is 0 Å². The van der Waals surface area contributed by atoms with Gasteiger partial charge < -0.3 is 10.1 Å².